The molecular weight excluding hydrogens is 242 g/mol. The Morgan fingerprint density at radius 2 is 1.64 bits per heavy atom. The van der Waals surface area contributed by atoms with E-state index in [0.29, 0.717) is 0 Å². The molecule has 0 spiro atoms. The number of nitrogens with zero attached hydrogens (tertiary/aromatic N) is 1. The lowest BCUT2D eigenvalue weighted by atomic mass is 10.2. The highest BCUT2D eigenvalue weighted by molar-refractivity contribution is 4.41. The van der Waals surface area contributed by atoms with Gasteiger partial charge in [-0.15, -0.1) is 0 Å². The minimum absolute atomic E-state index is 0. The number of ether oxygens (including phenoxy) is 1. The number of hydrogen-bond donors (Lipinski definition) is 0. The largest absolute Gasteiger partial charge is 1.00 e. The minimum atomic E-state index is 0. The molecule has 0 bridgehead atoms. The average Bonchev–Trinajstić information content (AvgIpc) is 2.09. The molecule has 0 aliphatic carbocycles. The number of quaternary nitrogens is 1. The molecule has 0 aromatic carbocycles. The van der Waals surface area contributed by atoms with E-state index in [1.807, 2.05) is 0 Å². The van der Waals surface area contributed by atoms with Crippen molar-refractivity contribution in [3.05, 3.63) is 0 Å². The number of likely N-dealkylation sites (N-methyl/N-ethyl adjacent to an activating group) is 1. The SMILES string of the molecule is CCCCCC[N+](C)(C)CCOC.[Br-]. The number of methoxy groups -OCH3 is 1. The lowest BCUT2D eigenvalue weighted by Gasteiger charge is -2.29. The Morgan fingerprint density at radius 1 is 1.00 bits per heavy atom. The van der Waals surface area contributed by atoms with Crippen LogP contribution in [0.3, 0.4) is 0 Å². The first kappa shape index (κ1) is 16.8. The molecule has 0 aromatic rings. The van der Waals surface area contributed by atoms with Crippen LogP contribution in [0, 0.1) is 0 Å². The fraction of sp³-hybridized carbons (Fsp3) is 1.00. The zero-order chi connectivity index (χ0) is 10.2. The lowest BCUT2D eigenvalue weighted by Crippen LogP contribution is -3.00. The van der Waals surface area contributed by atoms with E-state index in [1.165, 1.54) is 32.2 Å². The summed E-state index contributed by atoms with van der Waals surface area (Å²) in [6.45, 7) is 5.54. The van der Waals surface area contributed by atoms with E-state index in [2.05, 4.69) is 21.0 Å². The van der Waals surface area contributed by atoms with Gasteiger partial charge in [0.05, 0.1) is 27.2 Å². The van der Waals surface area contributed by atoms with Crippen LogP contribution in [0.5, 0.6) is 0 Å². The standard InChI is InChI=1S/C11H26NO.BrH/c1-5-6-7-8-9-12(2,3)10-11-13-4;/h5-11H2,1-4H3;1H/q+1;/p-1. The molecule has 3 heteroatoms. The second kappa shape index (κ2) is 9.94. The second-order valence-corrected chi connectivity index (χ2v) is 4.44. The van der Waals surface area contributed by atoms with Crippen molar-refractivity contribution in [1.29, 1.82) is 0 Å². The Morgan fingerprint density at radius 3 is 2.14 bits per heavy atom. The summed E-state index contributed by atoms with van der Waals surface area (Å²) >= 11 is 0. The molecule has 0 fully saturated rings. The van der Waals surface area contributed by atoms with Gasteiger partial charge in [0.25, 0.3) is 0 Å². The monoisotopic (exact) mass is 267 g/mol. The van der Waals surface area contributed by atoms with Crippen molar-refractivity contribution in [3.63, 3.8) is 0 Å². The Balaban J connectivity index is 0. The average molecular weight is 268 g/mol. The van der Waals surface area contributed by atoms with Crippen LogP contribution in [-0.2, 0) is 4.74 Å². The maximum atomic E-state index is 5.09. The first-order valence-electron chi connectivity index (χ1n) is 5.43. The Labute approximate surface area is 100.0 Å². The molecule has 0 saturated carbocycles. The number of unbranched alkanes of at least 4 members (excludes halogenated alkanes) is 3. The molecule has 0 heterocycles. The summed E-state index contributed by atoms with van der Waals surface area (Å²) in [4.78, 5) is 0. The Kier molecular flexibility index (Phi) is 11.9. The summed E-state index contributed by atoms with van der Waals surface area (Å²) in [5.41, 5.74) is 0. The highest BCUT2D eigenvalue weighted by atomic mass is 79.9. The van der Waals surface area contributed by atoms with Crippen molar-refractivity contribution >= 4 is 0 Å². The van der Waals surface area contributed by atoms with E-state index in [0.717, 1.165) is 17.6 Å². The van der Waals surface area contributed by atoms with Crippen molar-refractivity contribution < 1.29 is 26.2 Å². The number of hydrogen-bond acceptors (Lipinski definition) is 1. The van der Waals surface area contributed by atoms with Gasteiger partial charge in [0.1, 0.15) is 6.54 Å². The molecule has 0 N–H and O–H groups in total. The summed E-state index contributed by atoms with van der Waals surface area (Å²) < 4.78 is 6.18. The van der Waals surface area contributed by atoms with Crippen molar-refractivity contribution in [2.24, 2.45) is 0 Å². The summed E-state index contributed by atoms with van der Waals surface area (Å²) in [7, 11) is 6.34. The molecule has 0 radical (unpaired) electrons. The van der Waals surface area contributed by atoms with Gasteiger partial charge in [-0.3, -0.25) is 0 Å². The van der Waals surface area contributed by atoms with Gasteiger partial charge in [-0.25, -0.2) is 0 Å². The van der Waals surface area contributed by atoms with Gasteiger partial charge in [0.15, 0.2) is 0 Å². The second-order valence-electron chi connectivity index (χ2n) is 4.44. The number of halogens is 1. The number of rotatable bonds is 8. The quantitative estimate of drug-likeness (QED) is 0.417. The predicted molar refractivity (Wildman–Crippen MR) is 57.9 cm³/mol. The van der Waals surface area contributed by atoms with Crippen LogP contribution in [-0.4, -0.2) is 45.4 Å². The maximum Gasteiger partial charge on any atom is 0.102 e. The first-order chi connectivity index (χ1) is 6.12. The molecule has 0 saturated heterocycles. The van der Waals surface area contributed by atoms with Gasteiger partial charge in [0, 0.05) is 7.11 Å². The van der Waals surface area contributed by atoms with Crippen LogP contribution >= 0.6 is 0 Å². The fourth-order valence-corrected chi connectivity index (χ4v) is 1.42. The molecule has 0 aliphatic rings. The molecule has 14 heavy (non-hydrogen) atoms. The van der Waals surface area contributed by atoms with Gasteiger partial charge < -0.3 is 26.2 Å². The van der Waals surface area contributed by atoms with Crippen LogP contribution in [0.25, 0.3) is 0 Å². The van der Waals surface area contributed by atoms with Gasteiger partial charge in [-0.2, -0.15) is 0 Å². The van der Waals surface area contributed by atoms with Crippen molar-refractivity contribution in [1.82, 2.24) is 0 Å². The zero-order valence-electron chi connectivity index (χ0n) is 10.2. The first-order valence-corrected chi connectivity index (χ1v) is 5.43. The van der Waals surface area contributed by atoms with E-state index in [-0.39, 0.29) is 17.0 Å². The third-order valence-electron chi connectivity index (χ3n) is 2.52. The molecule has 88 valence electrons. The third kappa shape index (κ3) is 10.5. The van der Waals surface area contributed by atoms with E-state index in [4.69, 9.17) is 4.74 Å². The van der Waals surface area contributed by atoms with Crippen LogP contribution in [0.1, 0.15) is 32.6 Å². The van der Waals surface area contributed by atoms with Crippen LogP contribution in [0.15, 0.2) is 0 Å². The molecule has 0 amide bonds. The van der Waals surface area contributed by atoms with Gasteiger partial charge in [-0.1, -0.05) is 19.8 Å². The molecule has 2 nitrogen and oxygen atoms in total. The summed E-state index contributed by atoms with van der Waals surface area (Å²) in [6.07, 6.45) is 5.44. The molecule has 0 aliphatic heterocycles. The van der Waals surface area contributed by atoms with Crippen LogP contribution < -0.4 is 17.0 Å². The fourth-order valence-electron chi connectivity index (χ4n) is 1.42. The van der Waals surface area contributed by atoms with E-state index >= 15 is 0 Å². The summed E-state index contributed by atoms with van der Waals surface area (Å²) in [5, 5.41) is 0. The van der Waals surface area contributed by atoms with E-state index in [9.17, 15) is 0 Å². The van der Waals surface area contributed by atoms with Crippen molar-refractivity contribution in [2.45, 2.75) is 32.6 Å². The van der Waals surface area contributed by atoms with Crippen molar-refractivity contribution in [2.75, 3.05) is 40.9 Å². The highest BCUT2D eigenvalue weighted by Crippen LogP contribution is 2.04. The minimum Gasteiger partial charge on any atom is -1.00 e. The summed E-state index contributed by atoms with van der Waals surface area (Å²) in [5.74, 6) is 0. The topological polar surface area (TPSA) is 9.23 Å². The van der Waals surface area contributed by atoms with Gasteiger partial charge >= 0.3 is 0 Å². The predicted octanol–water partition coefficient (Wildman–Crippen LogP) is -0.706. The summed E-state index contributed by atoms with van der Waals surface area (Å²) in [6, 6.07) is 0. The third-order valence-corrected chi connectivity index (χ3v) is 2.52. The molecule has 0 unspecified atom stereocenters. The molecule has 0 atom stereocenters. The molecule has 0 aromatic heterocycles. The molecule has 0 rings (SSSR count). The van der Waals surface area contributed by atoms with E-state index in [1.54, 1.807) is 7.11 Å². The smallest absolute Gasteiger partial charge is 0.102 e. The highest BCUT2D eigenvalue weighted by Gasteiger charge is 2.12. The Hall–Kier alpha value is 0.400. The Bertz CT molecular complexity index is 118. The zero-order valence-corrected chi connectivity index (χ0v) is 11.8. The van der Waals surface area contributed by atoms with Crippen molar-refractivity contribution in [3.8, 4) is 0 Å². The van der Waals surface area contributed by atoms with Crippen LogP contribution in [0.2, 0.25) is 0 Å². The molecular formula is C11H26BrNO. The normalized spacial score (nSPS) is 11.1. The van der Waals surface area contributed by atoms with Gasteiger partial charge in [0.2, 0.25) is 0 Å². The van der Waals surface area contributed by atoms with E-state index < -0.39 is 0 Å². The van der Waals surface area contributed by atoms with Crippen LogP contribution in [0.4, 0.5) is 0 Å². The van der Waals surface area contributed by atoms with Gasteiger partial charge in [-0.05, 0) is 12.8 Å². The maximum absolute atomic E-state index is 5.09. The lowest BCUT2D eigenvalue weighted by molar-refractivity contribution is -0.890.